The quantitative estimate of drug-likeness (QED) is 0.784. The molecule has 0 aliphatic rings. The summed E-state index contributed by atoms with van der Waals surface area (Å²) in [5.41, 5.74) is 2.90. The van der Waals surface area contributed by atoms with Gasteiger partial charge in [0, 0.05) is 23.9 Å². The lowest BCUT2D eigenvalue weighted by molar-refractivity contribution is 0.660. The molecule has 2 rings (SSSR count). The third-order valence-electron chi connectivity index (χ3n) is 2.62. The van der Waals surface area contributed by atoms with Crippen molar-refractivity contribution >= 4 is 11.6 Å². The first-order valence-corrected chi connectivity index (χ1v) is 6.16. The van der Waals surface area contributed by atoms with Crippen LogP contribution in [0.15, 0.2) is 18.7 Å². The third-order valence-corrected chi connectivity index (χ3v) is 2.95. The molecule has 0 saturated heterocycles. The summed E-state index contributed by atoms with van der Waals surface area (Å²) in [6.45, 7) is 5.02. The number of hydrogen-bond acceptors (Lipinski definition) is 3. The average molecular weight is 251 g/mol. The van der Waals surface area contributed by atoms with Gasteiger partial charge in [-0.15, -0.1) is 0 Å². The van der Waals surface area contributed by atoms with E-state index in [9.17, 15) is 0 Å². The Balaban J connectivity index is 2.46. The van der Waals surface area contributed by atoms with E-state index in [1.165, 1.54) is 6.33 Å². The topological polar surface area (TPSA) is 43.6 Å². The van der Waals surface area contributed by atoms with Crippen LogP contribution in [0, 0.1) is 0 Å². The first-order valence-electron chi connectivity index (χ1n) is 5.78. The van der Waals surface area contributed by atoms with Crippen molar-refractivity contribution < 1.29 is 0 Å². The van der Waals surface area contributed by atoms with Crippen LogP contribution < -0.4 is 0 Å². The van der Waals surface area contributed by atoms with Crippen molar-refractivity contribution in [2.24, 2.45) is 0 Å². The number of hydrogen-bond donors (Lipinski definition) is 0. The molecule has 0 unspecified atom stereocenters. The number of halogens is 1. The van der Waals surface area contributed by atoms with Gasteiger partial charge in [0.25, 0.3) is 0 Å². The SMILES string of the molecule is CCCc1c(Cl)ncnc1-c1cnn(CC)c1. The second kappa shape index (κ2) is 5.27. The molecule has 0 saturated carbocycles. The highest BCUT2D eigenvalue weighted by molar-refractivity contribution is 6.30. The molecule has 2 aromatic heterocycles. The van der Waals surface area contributed by atoms with Gasteiger partial charge in [-0.3, -0.25) is 4.68 Å². The zero-order chi connectivity index (χ0) is 12.3. The van der Waals surface area contributed by atoms with Gasteiger partial charge in [-0.2, -0.15) is 5.10 Å². The molecule has 90 valence electrons. The van der Waals surface area contributed by atoms with Gasteiger partial charge in [0.2, 0.25) is 0 Å². The van der Waals surface area contributed by atoms with E-state index in [1.807, 2.05) is 17.1 Å². The van der Waals surface area contributed by atoms with Crippen molar-refractivity contribution in [3.8, 4) is 11.3 Å². The molecule has 2 heterocycles. The summed E-state index contributed by atoms with van der Waals surface area (Å²) < 4.78 is 1.88. The molecule has 0 aromatic carbocycles. The van der Waals surface area contributed by atoms with Gasteiger partial charge in [-0.05, 0) is 13.3 Å². The number of rotatable bonds is 4. The fraction of sp³-hybridized carbons (Fsp3) is 0.417. The molecule has 0 radical (unpaired) electrons. The van der Waals surface area contributed by atoms with Gasteiger partial charge in [-0.25, -0.2) is 9.97 Å². The highest BCUT2D eigenvalue weighted by Crippen LogP contribution is 2.26. The number of aryl methyl sites for hydroxylation is 1. The van der Waals surface area contributed by atoms with Gasteiger partial charge in [0.15, 0.2) is 0 Å². The lowest BCUT2D eigenvalue weighted by atomic mass is 10.1. The lowest BCUT2D eigenvalue weighted by Crippen LogP contribution is -1.96. The molecular formula is C12H15ClN4. The molecule has 0 bridgehead atoms. The summed E-state index contributed by atoms with van der Waals surface area (Å²) in [6, 6.07) is 0. The van der Waals surface area contributed by atoms with Crippen LogP contribution in [-0.2, 0) is 13.0 Å². The summed E-state index contributed by atoms with van der Waals surface area (Å²) in [5, 5.41) is 4.80. The highest BCUT2D eigenvalue weighted by atomic mass is 35.5. The Hall–Kier alpha value is -1.42. The Morgan fingerprint density at radius 2 is 2.12 bits per heavy atom. The molecule has 4 nitrogen and oxygen atoms in total. The Morgan fingerprint density at radius 1 is 1.29 bits per heavy atom. The molecule has 0 atom stereocenters. The lowest BCUT2D eigenvalue weighted by Gasteiger charge is -2.06. The van der Waals surface area contributed by atoms with Crippen molar-refractivity contribution in [1.82, 2.24) is 19.7 Å². The average Bonchev–Trinajstić information content (AvgIpc) is 2.80. The minimum Gasteiger partial charge on any atom is -0.272 e. The van der Waals surface area contributed by atoms with E-state index >= 15 is 0 Å². The highest BCUT2D eigenvalue weighted by Gasteiger charge is 2.12. The van der Waals surface area contributed by atoms with Gasteiger partial charge in [-0.1, -0.05) is 24.9 Å². The van der Waals surface area contributed by atoms with Gasteiger partial charge < -0.3 is 0 Å². The van der Waals surface area contributed by atoms with E-state index in [0.29, 0.717) is 5.15 Å². The minimum absolute atomic E-state index is 0.543. The summed E-state index contributed by atoms with van der Waals surface area (Å²) in [6.07, 6.45) is 7.20. The molecular weight excluding hydrogens is 236 g/mol. The molecule has 0 spiro atoms. The van der Waals surface area contributed by atoms with E-state index in [2.05, 4.69) is 28.9 Å². The Labute approximate surface area is 106 Å². The maximum Gasteiger partial charge on any atom is 0.136 e. The first kappa shape index (κ1) is 12.0. The van der Waals surface area contributed by atoms with E-state index in [0.717, 1.165) is 36.2 Å². The molecule has 5 heteroatoms. The fourth-order valence-electron chi connectivity index (χ4n) is 1.77. The van der Waals surface area contributed by atoms with Crippen LogP contribution >= 0.6 is 11.6 Å². The van der Waals surface area contributed by atoms with Gasteiger partial charge in [0.05, 0.1) is 11.9 Å². The molecule has 0 N–H and O–H groups in total. The van der Waals surface area contributed by atoms with Crippen LogP contribution in [0.5, 0.6) is 0 Å². The second-order valence-corrected chi connectivity index (χ2v) is 4.18. The Bertz CT molecular complexity index is 507. The van der Waals surface area contributed by atoms with Crippen molar-refractivity contribution in [3.05, 3.63) is 29.4 Å². The molecule has 0 aliphatic carbocycles. The van der Waals surface area contributed by atoms with Crippen molar-refractivity contribution in [2.75, 3.05) is 0 Å². The Kier molecular flexibility index (Phi) is 3.74. The summed E-state index contributed by atoms with van der Waals surface area (Å²) >= 11 is 6.12. The van der Waals surface area contributed by atoms with Crippen LogP contribution in [0.3, 0.4) is 0 Å². The van der Waals surface area contributed by atoms with Gasteiger partial charge >= 0.3 is 0 Å². The van der Waals surface area contributed by atoms with E-state index < -0.39 is 0 Å². The summed E-state index contributed by atoms with van der Waals surface area (Å²) in [7, 11) is 0. The predicted molar refractivity (Wildman–Crippen MR) is 67.9 cm³/mol. The van der Waals surface area contributed by atoms with Crippen LogP contribution in [0.2, 0.25) is 5.15 Å². The predicted octanol–water partition coefficient (Wildman–Crippen LogP) is 2.97. The third kappa shape index (κ3) is 2.47. The molecule has 17 heavy (non-hydrogen) atoms. The minimum atomic E-state index is 0.543. The van der Waals surface area contributed by atoms with E-state index in [1.54, 1.807) is 0 Å². The second-order valence-electron chi connectivity index (χ2n) is 3.83. The smallest absolute Gasteiger partial charge is 0.136 e. The van der Waals surface area contributed by atoms with Crippen LogP contribution in [0.4, 0.5) is 0 Å². The van der Waals surface area contributed by atoms with Crippen LogP contribution in [0.1, 0.15) is 25.8 Å². The van der Waals surface area contributed by atoms with Crippen LogP contribution in [-0.4, -0.2) is 19.7 Å². The molecule has 0 aliphatic heterocycles. The largest absolute Gasteiger partial charge is 0.272 e. The van der Waals surface area contributed by atoms with Crippen molar-refractivity contribution in [1.29, 1.82) is 0 Å². The summed E-state index contributed by atoms with van der Waals surface area (Å²) in [5.74, 6) is 0. The van der Waals surface area contributed by atoms with Crippen molar-refractivity contribution in [2.45, 2.75) is 33.2 Å². The first-order chi connectivity index (χ1) is 8.26. The van der Waals surface area contributed by atoms with E-state index in [4.69, 9.17) is 11.6 Å². The maximum absolute atomic E-state index is 6.12. The number of aromatic nitrogens is 4. The molecule has 0 amide bonds. The number of nitrogens with zero attached hydrogens (tertiary/aromatic N) is 4. The molecule has 2 aromatic rings. The zero-order valence-electron chi connectivity index (χ0n) is 10.0. The Morgan fingerprint density at radius 3 is 2.76 bits per heavy atom. The zero-order valence-corrected chi connectivity index (χ0v) is 10.8. The fourth-order valence-corrected chi connectivity index (χ4v) is 2.00. The van der Waals surface area contributed by atoms with Crippen molar-refractivity contribution in [3.63, 3.8) is 0 Å². The normalized spacial score (nSPS) is 10.8. The summed E-state index contributed by atoms with van der Waals surface area (Å²) in [4.78, 5) is 8.37. The van der Waals surface area contributed by atoms with E-state index in [-0.39, 0.29) is 0 Å². The standard InChI is InChI=1S/C12H15ClN4/c1-3-5-10-11(14-8-15-12(10)13)9-6-16-17(4-2)7-9/h6-8H,3-5H2,1-2H3. The molecule has 0 fully saturated rings. The maximum atomic E-state index is 6.12. The monoisotopic (exact) mass is 250 g/mol. The van der Waals surface area contributed by atoms with Gasteiger partial charge in [0.1, 0.15) is 11.5 Å². The van der Waals surface area contributed by atoms with Crippen LogP contribution in [0.25, 0.3) is 11.3 Å².